The molecule has 0 atom stereocenters. The first-order chi connectivity index (χ1) is 12.7. The Hall–Kier alpha value is -3.41. The summed E-state index contributed by atoms with van der Waals surface area (Å²) in [6.45, 7) is 0.168. The van der Waals surface area contributed by atoms with Crippen LogP contribution in [0.15, 0.2) is 71.8 Å². The number of aromatic nitrogens is 3. The fraction of sp³-hybridized carbons (Fsp3) is 0.100. The number of nitrogens with zero attached hydrogens (tertiary/aromatic N) is 3. The first-order valence-corrected chi connectivity index (χ1v) is 8.12. The minimum absolute atomic E-state index is 0.168. The summed E-state index contributed by atoms with van der Waals surface area (Å²) >= 11 is 0. The monoisotopic (exact) mass is 349 g/mol. The van der Waals surface area contributed by atoms with Crippen LogP contribution in [0.1, 0.15) is 5.56 Å². The van der Waals surface area contributed by atoms with Gasteiger partial charge in [-0.3, -0.25) is 4.79 Å². The quantitative estimate of drug-likeness (QED) is 0.568. The summed E-state index contributed by atoms with van der Waals surface area (Å²) in [5.74, 6) is 0.390. The molecule has 0 amide bonds. The molecule has 5 nitrogen and oxygen atoms in total. The Bertz CT molecular complexity index is 1150. The molecule has 2 aromatic carbocycles. The molecule has 0 saturated carbocycles. The van der Waals surface area contributed by atoms with Gasteiger partial charge in [-0.1, -0.05) is 30.3 Å². The second kappa shape index (κ2) is 6.48. The van der Waals surface area contributed by atoms with Crippen LogP contribution in [0.3, 0.4) is 0 Å². The predicted molar refractivity (Wildman–Crippen MR) is 96.9 cm³/mol. The highest BCUT2D eigenvalue weighted by atomic mass is 19.1. The lowest BCUT2D eigenvalue weighted by Gasteiger charge is -2.06. The molecule has 0 unspecified atom stereocenters. The van der Waals surface area contributed by atoms with E-state index in [2.05, 4.69) is 5.10 Å². The minimum atomic E-state index is -0.329. The molecule has 0 aliphatic rings. The van der Waals surface area contributed by atoms with E-state index in [1.807, 2.05) is 24.3 Å². The Balaban J connectivity index is 1.76. The maximum absolute atomic E-state index is 13.9. The van der Waals surface area contributed by atoms with Gasteiger partial charge in [0.2, 0.25) is 0 Å². The molecule has 0 spiro atoms. The first-order valence-electron chi connectivity index (χ1n) is 8.12. The lowest BCUT2D eigenvalue weighted by atomic mass is 10.1. The maximum Gasteiger partial charge on any atom is 0.276 e. The summed E-state index contributed by atoms with van der Waals surface area (Å²) in [5, 5.41) is 4.46. The summed E-state index contributed by atoms with van der Waals surface area (Å²) in [5.41, 5.74) is 2.20. The number of fused-ring (bicyclic) bond motifs is 1. The van der Waals surface area contributed by atoms with Crippen molar-refractivity contribution < 1.29 is 9.13 Å². The largest absolute Gasteiger partial charge is 0.497 e. The molecule has 26 heavy (non-hydrogen) atoms. The zero-order valence-corrected chi connectivity index (χ0v) is 14.1. The highest BCUT2D eigenvalue weighted by Crippen LogP contribution is 2.23. The van der Waals surface area contributed by atoms with Crippen LogP contribution in [0.4, 0.5) is 4.39 Å². The third-order valence-corrected chi connectivity index (χ3v) is 4.27. The van der Waals surface area contributed by atoms with Gasteiger partial charge in [0.1, 0.15) is 17.1 Å². The van der Waals surface area contributed by atoms with E-state index in [-0.39, 0.29) is 17.9 Å². The van der Waals surface area contributed by atoms with Crippen LogP contribution in [0.2, 0.25) is 0 Å². The van der Waals surface area contributed by atoms with E-state index in [0.29, 0.717) is 16.8 Å². The molecule has 0 N–H and O–H groups in total. The Morgan fingerprint density at radius 3 is 2.73 bits per heavy atom. The standard InChI is InChI=1S/C20H16FN3O2/c1-26-16-7-4-6-14(11-16)18-12-19-20(25)23(9-10-24(19)22-18)13-15-5-2-3-8-17(15)21/h2-12H,13H2,1H3. The number of methoxy groups -OCH3 is 1. The molecule has 0 saturated heterocycles. The van der Waals surface area contributed by atoms with Gasteiger partial charge in [-0.05, 0) is 24.3 Å². The molecule has 0 radical (unpaired) electrons. The van der Waals surface area contributed by atoms with Crippen LogP contribution in [-0.2, 0) is 6.54 Å². The molecule has 0 fully saturated rings. The van der Waals surface area contributed by atoms with E-state index >= 15 is 0 Å². The van der Waals surface area contributed by atoms with Crippen molar-refractivity contribution in [2.75, 3.05) is 7.11 Å². The van der Waals surface area contributed by atoms with Crippen molar-refractivity contribution in [3.63, 3.8) is 0 Å². The van der Waals surface area contributed by atoms with Gasteiger partial charge in [0.25, 0.3) is 5.56 Å². The molecule has 0 bridgehead atoms. The number of rotatable bonds is 4. The van der Waals surface area contributed by atoms with E-state index in [9.17, 15) is 9.18 Å². The molecule has 4 aromatic rings. The number of ether oxygens (including phenoxy) is 1. The fourth-order valence-corrected chi connectivity index (χ4v) is 2.88. The number of hydrogen-bond donors (Lipinski definition) is 0. The van der Waals surface area contributed by atoms with Crippen molar-refractivity contribution in [2.45, 2.75) is 6.54 Å². The van der Waals surface area contributed by atoms with Crippen LogP contribution < -0.4 is 10.3 Å². The van der Waals surface area contributed by atoms with Crippen LogP contribution in [0.25, 0.3) is 16.8 Å². The summed E-state index contributed by atoms with van der Waals surface area (Å²) in [7, 11) is 1.60. The van der Waals surface area contributed by atoms with E-state index < -0.39 is 0 Å². The second-order valence-electron chi connectivity index (χ2n) is 5.91. The number of benzene rings is 2. The summed E-state index contributed by atoms with van der Waals surface area (Å²) in [6.07, 6.45) is 3.31. The van der Waals surface area contributed by atoms with Gasteiger partial charge >= 0.3 is 0 Å². The summed E-state index contributed by atoms with van der Waals surface area (Å²) < 4.78 is 22.1. The van der Waals surface area contributed by atoms with Gasteiger partial charge in [0.05, 0.1) is 19.3 Å². The topological polar surface area (TPSA) is 48.5 Å². The van der Waals surface area contributed by atoms with Gasteiger partial charge in [0.15, 0.2) is 0 Å². The third kappa shape index (κ3) is 2.86. The minimum Gasteiger partial charge on any atom is -0.497 e. The van der Waals surface area contributed by atoms with Crippen molar-refractivity contribution >= 4 is 5.52 Å². The van der Waals surface area contributed by atoms with Crippen molar-refractivity contribution in [1.82, 2.24) is 14.2 Å². The molecule has 0 aliphatic carbocycles. The average molecular weight is 349 g/mol. The lowest BCUT2D eigenvalue weighted by Crippen LogP contribution is -2.22. The van der Waals surface area contributed by atoms with E-state index in [1.165, 1.54) is 15.1 Å². The average Bonchev–Trinajstić information content (AvgIpc) is 3.11. The van der Waals surface area contributed by atoms with Gasteiger partial charge in [-0.25, -0.2) is 8.91 Å². The zero-order chi connectivity index (χ0) is 18.1. The summed E-state index contributed by atoms with van der Waals surface area (Å²) in [6, 6.07) is 15.7. The van der Waals surface area contributed by atoms with Crippen molar-refractivity contribution in [2.24, 2.45) is 0 Å². The van der Waals surface area contributed by atoms with Crippen LogP contribution in [0.5, 0.6) is 5.75 Å². The maximum atomic E-state index is 13.9. The Morgan fingerprint density at radius 2 is 1.92 bits per heavy atom. The molecular weight excluding hydrogens is 333 g/mol. The van der Waals surface area contributed by atoms with Crippen LogP contribution >= 0.6 is 0 Å². The smallest absolute Gasteiger partial charge is 0.276 e. The summed E-state index contributed by atoms with van der Waals surface area (Å²) in [4.78, 5) is 12.8. The Labute approximate surface area is 148 Å². The molecule has 2 heterocycles. The van der Waals surface area contributed by atoms with Crippen molar-refractivity contribution in [3.05, 3.63) is 88.7 Å². The highest BCUT2D eigenvalue weighted by Gasteiger charge is 2.11. The normalized spacial score (nSPS) is 11.0. The van der Waals surface area contributed by atoms with Gasteiger partial charge < -0.3 is 9.30 Å². The second-order valence-corrected chi connectivity index (χ2v) is 5.91. The van der Waals surface area contributed by atoms with Crippen LogP contribution in [-0.4, -0.2) is 21.3 Å². The van der Waals surface area contributed by atoms with Gasteiger partial charge in [-0.15, -0.1) is 0 Å². The van der Waals surface area contributed by atoms with Crippen molar-refractivity contribution in [1.29, 1.82) is 0 Å². The van der Waals surface area contributed by atoms with Crippen molar-refractivity contribution in [3.8, 4) is 17.0 Å². The highest BCUT2D eigenvalue weighted by molar-refractivity contribution is 5.66. The predicted octanol–water partition coefficient (Wildman–Crippen LogP) is 3.36. The van der Waals surface area contributed by atoms with E-state index in [0.717, 1.165) is 11.3 Å². The van der Waals surface area contributed by atoms with E-state index in [1.54, 1.807) is 43.8 Å². The molecule has 6 heteroatoms. The SMILES string of the molecule is COc1cccc(-c2cc3c(=O)n(Cc4ccccc4F)ccn3n2)c1. The molecule has 2 aromatic heterocycles. The van der Waals surface area contributed by atoms with Crippen LogP contribution in [0, 0.1) is 5.82 Å². The molecule has 130 valence electrons. The first kappa shape index (κ1) is 16.1. The Morgan fingerprint density at radius 1 is 1.08 bits per heavy atom. The fourth-order valence-electron chi connectivity index (χ4n) is 2.88. The lowest BCUT2D eigenvalue weighted by molar-refractivity contribution is 0.415. The number of halogens is 1. The third-order valence-electron chi connectivity index (χ3n) is 4.27. The molecule has 0 aliphatic heterocycles. The molecular formula is C20H16FN3O2. The number of hydrogen-bond acceptors (Lipinski definition) is 3. The van der Waals surface area contributed by atoms with E-state index in [4.69, 9.17) is 4.74 Å². The Kier molecular flexibility index (Phi) is 4.01. The zero-order valence-electron chi connectivity index (χ0n) is 14.1. The molecule has 4 rings (SSSR count). The van der Waals surface area contributed by atoms with Gasteiger partial charge in [0, 0.05) is 23.5 Å². The van der Waals surface area contributed by atoms with Gasteiger partial charge in [-0.2, -0.15) is 5.10 Å².